The zero-order valence-electron chi connectivity index (χ0n) is 11.8. The van der Waals surface area contributed by atoms with Crippen molar-refractivity contribution in [3.63, 3.8) is 0 Å². The Labute approximate surface area is 128 Å². The number of aromatic nitrogens is 2. The van der Waals surface area contributed by atoms with Gasteiger partial charge in [0.25, 0.3) is 0 Å². The van der Waals surface area contributed by atoms with Crippen LogP contribution in [0, 0.1) is 0 Å². The van der Waals surface area contributed by atoms with E-state index in [9.17, 15) is 4.79 Å². The average molecular weight is 302 g/mol. The maximum Gasteiger partial charge on any atom is 0.234 e. The van der Waals surface area contributed by atoms with Gasteiger partial charge in [0.2, 0.25) is 5.91 Å². The summed E-state index contributed by atoms with van der Waals surface area (Å²) in [4.78, 5) is 22.4. The molecule has 0 saturated heterocycles. The molecule has 2 aromatic rings. The minimum absolute atomic E-state index is 0.0859. The number of carbonyl (C=O) groups is 1. The largest absolute Gasteiger partial charge is 0.355 e. The summed E-state index contributed by atoms with van der Waals surface area (Å²) >= 11 is 1.69. The number of nitrogens with one attached hydrogen (secondary N) is 1. The zero-order chi connectivity index (χ0) is 14.5. The van der Waals surface area contributed by atoms with Crippen molar-refractivity contribution in [2.24, 2.45) is 0 Å². The Morgan fingerprint density at radius 3 is 3.29 bits per heavy atom. The summed E-state index contributed by atoms with van der Waals surface area (Å²) in [7, 11) is 0. The van der Waals surface area contributed by atoms with Crippen molar-refractivity contribution >= 4 is 17.2 Å². The van der Waals surface area contributed by atoms with Crippen LogP contribution >= 0.6 is 11.3 Å². The molecule has 0 atom stereocenters. The molecule has 0 spiro atoms. The number of thiophene rings is 1. The molecular weight excluding hydrogens is 284 g/mol. The average Bonchev–Trinajstić information content (AvgIpc) is 3.00. The van der Waals surface area contributed by atoms with Crippen molar-refractivity contribution in [2.45, 2.75) is 19.4 Å². The van der Waals surface area contributed by atoms with E-state index < -0.39 is 0 Å². The molecule has 1 aliphatic heterocycles. The van der Waals surface area contributed by atoms with Crippen LogP contribution in [-0.4, -0.2) is 40.4 Å². The summed E-state index contributed by atoms with van der Waals surface area (Å²) in [5.74, 6) is 0.0859. The van der Waals surface area contributed by atoms with Gasteiger partial charge in [0.1, 0.15) is 6.33 Å². The molecule has 1 N–H and O–H groups in total. The van der Waals surface area contributed by atoms with E-state index in [2.05, 4.69) is 37.0 Å². The second-order valence-electron chi connectivity index (χ2n) is 5.19. The van der Waals surface area contributed by atoms with E-state index in [-0.39, 0.29) is 5.91 Å². The first kappa shape index (κ1) is 14.2. The van der Waals surface area contributed by atoms with Crippen molar-refractivity contribution in [2.75, 3.05) is 19.6 Å². The van der Waals surface area contributed by atoms with E-state index in [0.29, 0.717) is 13.1 Å². The summed E-state index contributed by atoms with van der Waals surface area (Å²) in [5, 5.41) is 7.16. The molecule has 0 aromatic carbocycles. The quantitative estimate of drug-likeness (QED) is 0.903. The Kier molecular flexibility index (Phi) is 4.57. The molecule has 0 bridgehead atoms. The molecule has 2 aromatic heterocycles. The van der Waals surface area contributed by atoms with Gasteiger partial charge in [-0.2, -0.15) is 11.3 Å². The fraction of sp³-hybridized carbons (Fsp3) is 0.400. The first-order chi connectivity index (χ1) is 10.3. The summed E-state index contributed by atoms with van der Waals surface area (Å²) in [6.45, 7) is 2.75. The number of fused-ring (bicyclic) bond motifs is 1. The lowest BCUT2D eigenvalue weighted by molar-refractivity contribution is -0.122. The summed E-state index contributed by atoms with van der Waals surface area (Å²) in [5.41, 5.74) is 3.53. The maximum atomic E-state index is 12.0. The zero-order valence-corrected chi connectivity index (χ0v) is 12.6. The van der Waals surface area contributed by atoms with Crippen molar-refractivity contribution in [1.29, 1.82) is 0 Å². The van der Waals surface area contributed by atoms with Crippen molar-refractivity contribution in [1.82, 2.24) is 20.2 Å². The van der Waals surface area contributed by atoms with Gasteiger partial charge in [0, 0.05) is 25.8 Å². The van der Waals surface area contributed by atoms with E-state index in [1.807, 2.05) is 6.20 Å². The highest BCUT2D eigenvalue weighted by atomic mass is 32.1. The summed E-state index contributed by atoms with van der Waals surface area (Å²) in [6.07, 6.45) is 5.26. The topological polar surface area (TPSA) is 58.1 Å². The van der Waals surface area contributed by atoms with E-state index in [1.165, 1.54) is 11.1 Å². The van der Waals surface area contributed by atoms with Gasteiger partial charge < -0.3 is 5.32 Å². The molecule has 110 valence electrons. The molecule has 3 heterocycles. The Bertz CT molecular complexity index is 599. The second kappa shape index (κ2) is 6.78. The lowest BCUT2D eigenvalue weighted by Crippen LogP contribution is -2.40. The van der Waals surface area contributed by atoms with Crippen LogP contribution in [-0.2, 0) is 24.2 Å². The Hall–Kier alpha value is -1.79. The molecule has 21 heavy (non-hydrogen) atoms. The van der Waals surface area contributed by atoms with E-state index in [4.69, 9.17) is 0 Å². The van der Waals surface area contributed by atoms with Crippen LogP contribution in [0.15, 0.2) is 29.4 Å². The first-order valence-corrected chi connectivity index (χ1v) is 8.03. The Morgan fingerprint density at radius 2 is 2.43 bits per heavy atom. The van der Waals surface area contributed by atoms with Crippen LogP contribution < -0.4 is 5.32 Å². The van der Waals surface area contributed by atoms with Crippen molar-refractivity contribution in [3.8, 4) is 0 Å². The number of hydrogen-bond acceptors (Lipinski definition) is 5. The van der Waals surface area contributed by atoms with Crippen LogP contribution in [0.4, 0.5) is 0 Å². The molecule has 0 saturated carbocycles. The lowest BCUT2D eigenvalue weighted by atomic mass is 10.1. The van der Waals surface area contributed by atoms with Crippen LogP contribution in [0.25, 0.3) is 0 Å². The molecule has 0 unspecified atom stereocenters. The maximum absolute atomic E-state index is 12.0. The van der Waals surface area contributed by atoms with Gasteiger partial charge in [-0.15, -0.1) is 0 Å². The molecule has 0 fully saturated rings. The smallest absolute Gasteiger partial charge is 0.234 e. The van der Waals surface area contributed by atoms with Gasteiger partial charge in [0.15, 0.2) is 0 Å². The van der Waals surface area contributed by atoms with Crippen molar-refractivity contribution < 1.29 is 4.79 Å². The molecule has 1 amide bonds. The first-order valence-electron chi connectivity index (χ1n) is 7.09. The van der Waals surface area contributed by atoms with E-state index in [0.717, 1.165) is 31.6 Å². The predicted molar refractivity (Wildman–Crippen MR) is 82.0 cm³/mol. The van der Waals surface area contributed by atoms with E-state index >= 15 is 0 Å². The standard InChI is InChI=1S/C15H18N4OS/c20-15(17-4-1-12-3-6-21-10-12)9-19-5-2-13-7-16-11-18-14(13)8-19/h3,6-7,10-11H,1-2,4-5,8-9H2,(H,17,20). The normalized spacial score (nSPS) is 14.7. The van der Waals surface area contributed by atoms with Gasteiger partial charge in [-0.3, -0.25) is 9.69 Å². The van der Waals surface area contributed by atoms with Crippen LogP contribution in [0.5, 0.6) is 0 Å². The number of nitrogens with zero attached hydrogens (tertiary/aromatic N) is 3. The van der Waals surface area contributed by atoms with Gasteiger partial charge in [0.05, 0.1) is 12.2 Å². The molecule has 0 aliphatic carbocycles. The minimum Gasteiger partial charge on any atom is -0.355 e. The lowest BCUT2D eigenvalue weighted by Gasteiger charge is -2.26. The fourth-order valence-corrected chi connectivity index (χ4v) is 3.18. The molecule has 3 rings (SSSR count). The highest BCUT2D eigenvalue weighted by Gasteiger charge is 2.19. The summed E-state index contributed by atoms with van der Waals surface area (Å²) in [6, 6.07) is 2.10. The minimum atomic E-state index is 0.0859. The number of amides is 1. The molecule has 5 nitrogen and oxygen atoms in total. The highest BCUT2D eigenvalue weighted by molar-refractivity contribution is 7.07. The van der Waals surface area contributed by atoms with Crippen LogP contribution in [0.2, 0.25) is 0 Å². The summed E-state index contributed by atoms with van der Waals surface area (Å²) < 4.78 is 0. The SMILES string of the molecule is O=C(CN1CCc2cncnc2C1)NCCc1ccsc1. The third-order valence-corrected chi connectivity index (χ3v) is 4.37. The monoisotopic (exact) mass is 302 g/mol. The number of hydrogen-bond donors (Lipinski definition) is 1. The van der Waals surface area contributed by atoms with Crippen molar-refractivity contribution in [3.05, 3.63) is 46.2 Å². The van der Waals surface area contributed by atoms with Gasteiger partial charge in [-0.05, 0) is 40.8 Å². The third kappa shape index (κ3) is 3.86. The molecule has 0 radical (unpaired) electrons. The van der Waals surface area contributed by atoms with E-state index in [1.54, 1.807) is 17.7 Å². The van der Waals surface area contributed by atoms with Gasteiger partial charge >= 0.3 is 0 Å². The molecular formula is C15H18N4OS. The number of rotatable bonds is 5. The Morgan fingerprint density at radius 1 is 1.48 bits per heavy atom. The van der Waals surface area contributed by atoms with Gasteiger partial charge in [-0.25, -0.2) is 9.97 Å². The van der Waals surface area contributed by atoms with Gasteiger partial charge in [-0.1, -0.05) is 0 Å². The van der Waals surface area contributed by atoms with Crippen LogP contribution in [0.3, 0.4) is 0 Å². The fourth-order valence-electron chi connectivity index (χ4n) is 2.48. The Balaban J connectivity index is 1.43. The molecule has 6 heteroatoms. The number of carbonyl (C=O) groups excluding carboxylic acids is 1. The second-order valence-corrected chi connectivity index (χ2v) is 5.97. The molecule has 1 aliphatic rings. The third-order valence-electron chi connectivity index (χ3n) is 3.64. The van der Waals surface area contributed by atoms with Crippen LogP contribution in [0.1, 0.15) is 16.8 Å². The predicted octanol–water partition coefficient (Wildman–Crippen LogP) is 1.26. The highest BCUT2D eigenvalue weighted by Crippen LogP contribution is 2.14.